The summed E-state index contributed by atoms with van der Waals surface area (Å²) >= 11 is 0. The largest absolute Gasteiger partial charge is 0.493 e. The molecule has 0 spiro atoms. The minimum Gasteiger partial charge on any atom is -0.493 e. The molecule has 2 aromatic carbocycles. The quantitative estimate of drug-likeness (QED) is 0.807. The van der Waals surface area contributed by atoms with Crippen molar-refractivity contribution in [3.05, 3.63) is 54.6 Å². The first-order chi connectivity index (χ1) is 10.8. The molecule has 1 heterocycles. The van der Waals surface area contributed by atoms with Crippen LogP contribution in [0.1, 0.15) is 19.3 Å². The van der Waals surface area contributed by atoms with E-state index in [9.17, 15) is 0 Å². The van der Waals surface area contributed by atoms with E-state index in [1.807, 2.05) is 6.07 Å². The second-order valence-electron chi connectivity index (χ2n) is 6.25. The van der Waals surface area contributed by atoms with E-state index < -0.39 is 0 Å². The predicted octanol–water partition coefficient (Wildman–Crippen LogP) is 4.46. The van der Waals surface area contributed by atoms with E-state index in [1.165, 1.54) is 37.1 Å². The predicted molar refractivity (Wildman–Crippen MR) is 92.2 cm³/mol. The Bertz CT molecular complexity index is 573. The van der Waals surface area contributed by atoms with Gasteiger partial charge in [0.1, 0.15) is 5.75 Å². The van der Waals surface area contributed by atoms with E-state index in [4.69, 9.17) is 4.74 Å². The van der Waals surface area contributed by atoms with Crippen molar-refractivity contribution < 1.29 is 4.74 Å². The molecule has 0 saturated carbocycles. The number of benzene rings is 2. The molecule has 0 atom stereocenters. The summed E-state index contributed by atoms with van der Waals surface area (Å²) in [6.45, 7) is 3.27. The fourth-order valence-corrected chi connectivity index (χ4v) is 3.13. The third-order valence-electron chi connectivity index (χ3n) is 4.59. The van der Waals surface area contributed by atoms with Gasteiger partial charge in [-0.15, -0.1) is 0 Å². The van der Waals surface area contributed by atoms with Crippen LogP contribution in [0.3, 0.4) is 0 Å². The van der Waals surface area contributed by atoms with Crippen molar-refractivity contribution in [1.82, 2.24) is 4.90 Å². The maximum Gasteiger partial charge on any atom is 0.127 e. The van der Waals surface area contributed by atoms with E-state index in [0.717, 1.165) is 24.7 Å². The van der Waals surface area contributed by atoms with Gasteiger partial charge in [-0.25, -0.2) is 0 Å². The zero-order valence-electron chi connectivity index (χ0n) is 13.4. The van der Waals surface area contributed by atoms with Crippen LogP contribution in [-0.2, 0) is 0 Å². The summed E-state index contributed by atoms with van der Waals surface area (Å²) in [5.74, 6) is 1.82. The third kappa shape index (κ3) is 3.89. The fraction of sp³-hybridized carbons (Fsp3) is 0.400. The maximum atomic E-state index is 6.11. The van der Waals surface area contributed by atoms with Gasteiger partial charge in [-0.2, -0.15) is 0 Å². The smallest absolute Gasteiger partial charge is 0.127 e. The molecular weight excluding hydrogens is 270 g/mol. The summed E-state index contributed by atoms with van der Waals surface area (Å²) in [5.41, 5.74) is 2.41. The van der Waals surface area contributed by atoms with Crippen LogP contribution in [-0.4, -0.2) is 31.6 Å². The first-order valence-electron chi connectivity index (χ1n) is 8.29. The molecular formula is C20H25NO. The highest BCUT2D eigenvalue weighted by molar-refractivity contribution is 5.70. The van der Waals surface area contributed by atoms with E-state index in [2.05, 4.69) is 60.5 Å². The molecule has 22 heavy (non-hydrogen) atoms. The van der Waals surface area contributed by atoms with Crippen LogP contribution in [0.4, 0.5) is 0 Å². The van der Waals surface area contributed by atoms with Crippen molar-refractivity contribution in [3.63, 3.8) is 0 Å². The van der Waals surface area contributed by atoms with Gasteiger partial charge in [0.25, 0.3) is 0 Å². The van der Waals surface area contributed by atoms with Crippen molar-refractivity contribution in [2.75, 3.05) is 26.7 Å². The number of nitrogens with zero attached hydrogens (tertiary/aromatic N) is 1. The molecule has 0 unspecified atom stereocenters. The minimum atomic E-state index is 0.818. The Hall–Kier alpha value is -1.80. The number of likely N-dealkylation sites (tertiary alicyclic amines) is 1. The Morgan fingerprint density at radius 1 is 0.955 bits per heavy atom. The average molecular weight is 295 g/mol. The molecule has 2 aromatic rings. The molecule has 0 bridgehead atoms. The molecule has 2 heteroatoms. The molecule has 116 valence electrons. The molecule has 0 aromatic heterocycles. The van der Waals surface area contributed by atoms with Gasteiger partial charge in [-0.3, -0.25) is 0 Å². The lowest BCUT2D eigenvalue weighted by atomic mass is 9.94. The Balaban J connectivity index is 1.59. The normalized spacial score (nSPS) is 16.6. The lowest BCUT2D eigenvalue weighted by Crippen LogP contribution is -2.30. The molecule has 1 aliphatic heterocycles. The lowest BCUT2D eigenvalue weighted by molar-refractivity contribution is 0.188. The van der Waals surface area contributed by atoms with Gasteiger partial charge in [0.2, 0.25) is 0 Å². The molecule has 1 fully saturated rings. The van der Waals surface area contributed by atoms with E-state index >= 15 is 0 Å². The van der Waals surface area contributed by atoms with Gasteiger partial charge < -0.3 is 9.64 Å². The van der Waals surface area contributed by atoms with Crippen molar-refractivity contribution in [3.8, 4) is 16.9 Å². The second kappa shape index (κ2) is 7.46. The molecule has 0 N–H and O–H groups in total. The Kier molecular flexibility index (Phi) is 5.12. The van der Waals surface area contributed by atoms with E-state index in [1.54, 1.807) is 0 Å². The van der Waals surface area contributed by atoms with Crippen LogP contribution in [0, 0.1) is 5.92 Å². The standard InChI is InChI=1S/C20H25NO/c1-21-14-11-17(12-15-21)13-16-22-20-10-6-5-9-19(20)18-7-3-2-4-8-18/h2-10,17H,11-16H2,1H3. The monoisotopic (exact) mass is 295 g/mol. The van der Waals surface area contributed by atoms with Gasteiger partial charge in [0.05, 0.1) is 6.61 Å². The maximum absolute atomic E-state index is 6.11. The molecule has 0 aliphatic carbocycles. The van der Waals surface area contributed by atoms with Crippen LogP contribution < -0.4 is 4.74 Å². The molecule has 3 rings (SSSR count). The number of hydrogen-bond acceptors (Lipinski definition) is 2. The molecule has 2 nitrogen and oxygen atoms in total. The van der Waals surface area contributed by atoms with Crippen LogP contribution >= 0.6 is 0 Å². The van der Waals surface area contributed by atoms with Crippen LogP contribution in [0.5, 0.6) is 5.75 Å². The lowest BCUT2D eigenvalue weighted by Gasteiger charge is -2.28. The molecule has 1 aliphatic rings. The van der Waals surface area contributed by atoms with E-state index in [-0.39, 0.29) is 0 Å². The summed E-state index contributed by atoms with van der Waals surface area (Å²) < 4.78 is 6.11. The van der Waals surface area contributed by atoms with Crippen LogP contribution in [0.15, 0.2) is 54.6 Å². The Labute approximate surface area is 133 Å². The highest BCUT2D eigenvalue weighted by Crippen LogP contribution is 2.30. The van der Waals surface area contributed by atoms with Crippen LogP contribution in [0.2, 0.25) is 0 Å². The highest BCUT2D eigenvalue weighted by Gasteiger charge is 2.16. The van der Waals surface area contributed by atoms with Gasteiger partial charge in [-0.1, -0.05) is 48.5 Å². The van der Waals surface area contributed by atoms with Gasteiger partial charge >= 0.3 is 0 Å². The first kappa shape index (κ1) is 15.1. The van der Waals surface area contributed by atoms with Crippen molar-refractivity contribution in [2.45, 2.75) is 19.3 Å². The number of hydrogen-bond donors (Lipinski definition) is 0. The topological polar surface area (TPSA) is 12.5 Å². The van der Waals surface area contributed by atoms with Crippen LogP contribution in [0.25, 0.3) is 11.1 Å². The number of piperidine rings is 1. The van der Waals surface area contributed by atoms with Gasteiger partial charge in [0, 0.05) is 5.56 Å². The summed E-state index contributed by atoms with van der Waals surface area (Å²) in [5, 5.41) is 0. The summed E-state index contributed by atoms with van der Waals surface area (Å²) in [6, 6.07) is 18.8. The molecule has 0 radical (unpaired) electrons. The first-order valence-corrected chi connectivity index (χ1v) is 8.29. The summed E-state index contributed by atoms with van der Waals surface area (Å²) in [7, 11) is 2.21. The summed E-state index contributed by atoms with van der Waals surface area (Å²) in [4.78, 5) is 2.42. The van der Waals surface area contributed by atoms with Gasteiger partial charge in [0.15, 0.2) is 0 Å². The number of ether oxygens (including phenoxy) is 1. The fourth-order valence-electron chi connectivity index (χ4n) is 3.13. The number of rotatable bonds is 5. The molecule has 0 amide bonds. The average Bonchev–Trinajstić information content (AvgIpc) is 2.58. The van der Waals surface area contributed by atoms with Crippen molar-refractivity contribution in [1.29, 1.82) is 0 Å². The minimum absolute atomic E-state index is 0.818. The zero-order valence-corrected chi connectivity index (χ0v) is 13.4. The third-order valence-corrected chi connectivity index (χ3v) is 4.59. The molecule has 1 saturated heterocycles. The summed E-state index contributed by atoms with van der Waals surface area (Å²) in [6.07, 6.45) is 3.78. The number of para-hydroxylation sites is 1. The van der Waals surface area contributed by atoms with Gasteiger partial charge in [-0.05, 0) is 56.9 Å². The highest BCUT2D eigenvalue weighted by atomic mass is 16.5. The van der Waals surface area contributed by atoms with Crippen molar-refractivity contribution >= 4 is 0 Å². The van der Waals surface area contributed by atoms with E-state index in [0.29, 0.717) is 0 Å². The Morgan fingerprint density at radius 3 is 2.41 bits per heavy atom. The SMILES string of the molecule is CN1CCC(CCOc2ccccc2-c2ccccc2)CC1. The van der Waals surface area contributed by atoms with Crippen molar-refractivity contribution in [2.24, 2.45) is 5.92 Å². The zero-order chi connectivity index (χ0) is 15.2. The second-order valence-corrected chi connectivity index (χ2v) is 6.25. The Morgan fingerprint density at radius 2 is 1.64 bits per heavy atom.